The number of phenolic OH excluding ortho intramolecular Hbond substituents is 1. The van der Waals surface area contributed by atoms with E-state index in [1.165, 1.54) is 19.4 Å². The van der Waals surface area contributed by atoms with E-state index >= 15 is 0 Å². The van der Waals surface area contributed by atoms with Crippen molar-refractivity contribution >= 4 is 17.6 Å². The number of rotatable bonds is 5. The fourth-order valence-electron chi connectivity index (χ4n) is 3.80. The summed E-state index contributed by atoms with van der Waals surface area (Å²) in [7, 11) is 3.00. The number of amides is 1. The molecule has 0 spiro atoms. The molecule has 30 heavy (non-hydrogen) atoms. The Balaban J connectivity index is 1.95. The van der Waals surface area contributed by atoms with Crippen LogP contribution in [0.1, 0.15) is 34.0 Å². The molecule has 1 atom stereocenters. The number of carbonyl (C=O) groups is 2. The van der Waals surface area contributed by atoms with Gasteiger partial charge in [-0.2, -0.15) is 0 Å². The number of carboxylic acids is 1. The first-order valence-corrected chi connectivity index (χ1v) is 9.22. The maximum absolute atomic E-state index is 12.4. The Hall–Kier alpha value is -3.94. The summed E-state index contributed by atoms with van der Waals surface area (Å²) in [6, 6.07) is 12.1. The molecule has 1 aliphatic rings. The van der Waals surface area contributed by atoms with Crippen molar-refractivity contribution in [2.24, 2.45) is 0 Å². The van der Waals surface area contributed by atoms with Crippen LogP contribution in [0.4, 0.5) is 5.69 Å². The van der Waals surface area contributed by atoms with Gasteiger partial charge in [0.15, 0.2) is 11.5 Å². The van der Waals surface area contributed by atoms with E-state index in [9.17, 15) is 19.8 Å². The summed E-state index contributed by atoms with van der Waals surface area (Å²) in [5.74, 6) is -1.04. The fraction of sp³-hybridized carbons (Fsp3) is 0.182. The molecule has 1 aliphatic heterocycles. The molecule has 154 valence electrons. The second kappa shape index (κ2) is 7.47. The van der Waals surface area contributed by atoms with Crippen LogP contribution in [0.5, 0.6) is 17.2 Å². The molecule has 1 unspecified atom stereocenters. The lowest BCUT2D eigenvalue weighted by molar-refractivity contribution is -0.116. The van der Waals surface area contributed by atoms with Gasteiger partial charge in [-0.25, -0.2) is 4.79 Å². The Bertz CT molecular complexity index is 1150. The van der Waals surface area contributed by atoms with Gasteiger partial charge in [0.05, 0.1) is 25.6 Å². The number of carbonyl (C=O) groups excluding carboxylic acids is 1. The van der Waals surface area contributed by atoms with Gasteiger partial charge < -0.3 is 29.6 Å². The first-order valence-electron chi connectivity index (χ1n) is 9.22. The molecule has 2 aromatic carbocycles. The summed E-state index contributed by atoms with van der Waals surface area (Å²) in [5.41, 5.74) is 2.22. The predicted octanol–water partition coefficient (Wildman–Crippen LogP) is 3.37. The second-order valence-electron chi connectivity index (χ2n) is 6.92. The van der Waals surface area contributed by atoms with Gasteiger partial charge in [-0.05, 0) is 29.8 Å². The minimum Gasteiger partial charge on any atom is -0.504 e. The normalized spacial score (nSPS) is 15.3. The monoisotopic (exact) mass is 408 g/mol. The largest absolute Gasteiger partial charge is 0.504 e. The van der Waals surface area contributed by atoms with Crippen LogP contribution >= 0.6 is 0 Å². The molecule has 1 amide bonds. The zero-order valence-corrected chi connectivity index (χ0v) is 16.4. The SMILES string of the molecule is COc1cccc(-n2cc(C(=O)O)c3c2C(c2ccc(OC)c(O)c2)CC(=O)N3)c1. The highest BCUT2D eigenvalue weighted by Crippen LogP contribution is 2.43. The van der Waals surface area contributed by atoms with Crippen LogP contribution in [0.3, 0.4) is 0 Å². The topological polar surface area (TPSA) is 110 Å². The van der Waals surface area contributed by atoms with Crippen LogP contribution in [0.15, 0.2) is 48.7 Å². The lowest BCUT2D eigenvalue weighted by atomic mass is 9.88. The third-order valence-corrected chi connectivity index (χ3v) is 5.19. The Morgan fingerprint density at radius 1 is 1.17 bits per heavy atom. The fourth-order valence-corrected chi connectivity index (χ4v) is 3.80. The molecule has 1 aromatic heterocycles. The van der Waals surface area contributed by atoms with Crippen LogP contribution in [-0.2, 0) is 4.79 Å². The molecule has 0 aliphatic carbocycles. The molecule has 0 saturated heterocycles. The van der Waals surface area contributed by atoms with Crippen LogP contribution in [0.2, 0.25) is 0 Å². The average molecular weight is 408 g/mol. The van der Waals surface area contributed by atoms with E-state index in [0.29, 0.717) is 28.4 Å². The first kappa shape index (κ1) is 19.4. The van der Waals surface area contributed by atoms with E-state index in [1.54, 1.807) is 42.0 Å². The zero-order chi connectivity index (χ0) is 21.4. The van der Waals surface area contributed by atoms with Crippen molar-refractivity contribution < 1.29 is 29.3 Å². The third kappa shape index (κ3) is 3.22. The number of hydrogen-bond donors (Lipinski definition) is 3. The van der Waals surface area contributed by atoms with Crippen molar-refractivity contribution in [3.8, 4) is 22.9 Å². The number of anilines is 1. The van der Waals surface area contributed by atoms with Gasteiger partial charge in [-0.3, -0.25) is 4.79 Å². The van der Waals surface area contributed by atoms with Gasteiger partial charge >= 0.3 is 5.97 Å². The van der Waals surface area contributed by atoms with Crippen molar-refractivity contribution in [2.45, 2.75) is 12.3 Å². The standard InChI is InChI=1S/C22H20N2O6/c1-29-14-5-3-4-13(9-14)24-11-16(22(27)28)20-21(24)15(10-19(26)23-20)12-6-7-18(30-2)17(25)8-12/h3-9,11,15,25H,10H2,1-2H3,(H,23,26)(H,27,28). The van der Waals surface area contributed by atoms with Crippen molar-refractivity contribution in [3.63, 3.8) is 0 Å². The Labute approximate surface area is 172 Å². The number of ether oxygens (including phenoxy) is 2. The lowest BCUT2D eigenvalue weighted by Gasteiger charge is -2.26. The molecule has 3 N–H and O–H groups in total. The van der Waals surface area contributed by atoms with Crippen molar-refractivity contribution in [1.29, 1.82) is 0 Å². The molecule has 8 nitrogen and oxygen atoms in total. The van der Waals surface area contributed by atoms with E-state index in [-0.39, 0.29) is 29.3 Å². The Morgan fingerprint density at radius 2 is 1.97 bits per heavy atom. The lowest BCUT2D eigenvalue weighted by Crippen LogP contribution is -2.25. The molecule has 0 saturated carbocycles. The van der Waals surface area contributed by atoms with Crippen molar-refractivity contribution in [2.75, 3.05) is 19.5 Å². The summed E-state index contributed by atoms with van der Waals surface area (Å²) < 4.78 is 12.1. The number of hydrogen-bond acceptors (Lipinski definition) is 5. The van der Waals surface area contributed by atoms with Crippen LogP contribution in [0.25, 0.3) is 5.69 Å². The number of methoxy groups -OCH3 is 2. The number of benzene rings is 2. The van der Waals surface area contributed by atoms with E-state index < -0.39 is 11.9 Å². The molecule has 0 fully saturated rings. The number of carboxylic acid groups (broad SMARTS) is 1. The minimum atomic E-state index is -1.15. The summed E-state index contributed by atoms with van der Waals surface area (Å²) in [6.45, 7) is 0. The van der Waals surface area contributed by atoms with Gasteiger partial charge in [0.1, 0.15) is 11.3 Å². The highest BCUT2D eigenvalue weighted by Gasteiger charge is 2.34. The number of nitrogens with zero attached hydrogens (tertiary/aromatic N) is 1. The quantitative estimate of drug-likeness (QED) is 0.597. The average Bonchev–Trinajstić information content (AvgIpc) is 3.12. The number of aromatic nitrogens is 1. The van der Waals surface area contributed by atoms with Gasteiger partial charge in [0.25, 0.3) is 0 Å². The summed E-state index contributed by atoms with van der Waals surface area (Å²) in [6.07, 6.45) is 1.59. The van der Waals surface area contributed by atoms with Gasteiger partial charge in [-0.1, -0.05) is 12.1 Å². The van der Waals surface area contributed by atoms with E-state index in [2.05, 4.69) is 5.32 Å². The minimum absolute atomic E-state index is 0.0106. The molecule has 2 heterocycles. The smallest absolute Gasteiger partial charge is 0.339 e. The highest BCUT2D eigenvalue weighted by molar-refractivity contribution is 6.04. The molecule has 8 heteroatoms. The predicted molar refractivity (Wildman–Crippen MR) is 109 cm³/mol. The Morgan fingerprint density at radius 3 is 2.63 bits per heavy atom. The molecule has 0 bridgehead atoms. The Kier molecular flexibility index (Phi) is 4.83. The van der Waals surface area contributed by atoms with Crippen molar-refractivity contribution in [3.05, 3.63) is 65.5 Å². The van der Waals surface area contributed by atoms with Gasteiger partial charge in [0.2, 0.25) is 5.91 Å². The molecular weight excluding hydrogens is 388 g/mol. The van der Waals surface area contributed by atoms with E-state index in [0.717, 1.165) is 0 Å². The van der Waals surface area contributed by atoms with E-state index in [4.69, 9.17) is 9.47 Å². The molecule has 0 radical (unpaired) electrons. The number of nitrogens with one attached hydrogen (secondary N) is 1. The number of phenols is 1. The number of aromatic carboxylic acids is 1. The van der Waals surface area contributed by atoms with Crippen LogP contribution in [-0.4, -0.2) is 40.9 Å². The third-order valence-electron chi connectivity index (χ3n) is 5.19. The van der Waals surface area contributed by atoms with Gasteiger partial charge in [-0.15, -0.1) is 0 Å². The highest BCUT2D eigenvalue weighted by atomic mass is 16.5. The molecule has 3 aromatic rings. The van der Waals surface area contributed by atoms with Crippen LogP contribution in [0, 0.1) is 0 Å². The molecular formula is C22H20N2O6. The van der Waals surface area contributed by atoms with E-state index in [1.807, 2.05) is 6.07 Å². The second-order valence-corrected chi connectivity index (χ2v) is 6.92. The first-order chi connectivity index (χ1) is 14.4. The number of aromatic hydroxyl groups is 1. The molecule has 4 rings (SSSR count). The summed E-state index contributed by atoms with van der Waals surface area (Å²) in [5, 5.41) is 22.7. The van der Waals surface area contributed by atoms with Crippen LogP contribution < -0.4 is 14.8 Å². The summed E-state index contributed by atoms with van der Waals surface area (Å²) in [4.78, 5) is 24.3. The summed E-state index contributed by atoms with van der Waals surface area (Å²) >= 11 is 0. The van der Waals surface area contributed by atoms with Gasteiger partial charge in [0, 0.05) is 30.3 Å². The maximum Gasteiger partial charge on any atom is 0.339 e. The van der Waals surface area contributed by atoms with Crippen molar-refractivity contribution in [1.82, 2.24) is 4.57 Å². The zero-order valence-electron chi connectivity index (χ0n) is 16.4. The maximum atomic E-state index is 12.4. The number of fused-ring (bicyclic) bond motifs is 1.